The van der Waals surface area contributed by atoms with Crippen molar-refractivity contribution in [2.24, 2.45) is 0 Å². The molecule has 2 rings (SSSR count). The van der Waals surface area contributed by atoms with Crippen molar-refractivity contribution in [3.63, 3.8) is 0 Å². The van der Waals surface area contributed by atoms with E-state index in [1.807, 2.05) is 20.8 Å². The first-order valence-corrected chi connectivity index (χ1v) is 5.79. The Morgan fingerprint density at radius 2 is 1.78 bits per heavy atom. The molecule has 18 heavy (non-hydrogen) atoms. The van der Waals surface area contributed by atoms with Crippen LogP contribution in [-0.2, 0) is 5.41 Å². The van der Waals surface area contributed by atoms with E-state index in [1.54, 1.807) is 12.1 Å². The maximum Gasteiger partial charge on any atom is 0.159 e. The average Bonchev–Trinajstić information content (AvgIpc) is 2.44. The average molecular weight is 246 g/mol. The van der Waals surface area contributed by atoms with E-state index in [0.29, 0.717) is 17.1 Å². The maximum atomic E-state index is 7.66. The molecule has 94 valence electrons. The van der Waals surface area contributed by atoms with Crippen LogP contribution in [0, 0.1) is 13.7 Å². The first-order chi connectivity index (χ1) is 10.8. The van der Waals surface area contributed by atoms with Crippen molar-refractivity contribution < 1.29 is 8.22 Å². The zero-order chi connectivity index (χ0) is 18.3. The van der Waals surface area contributed by atoms with E-state index in [-0.39, 0.29) is 11.1 Å². The van der Waals surface area contributed by atoms with Crippen LogP contribution < -0.4 is 0 Å². The molecule has 0 saturated heterocycles. The first kappa shape index (κ1) is 7.03. The molecule has 0 saturated carbocycles. The Morgan fingerprint density at radius 3 is 2.33 bits per heavy atom. The highest BCUT2D eigenvalue weighted by atomic mass is 14.9. The minimum absolute atomic E-state index is 0.137. The van der Waals surface area contributed by atoms with Crippen molar-refractivity contribution in [3.8, 4) is 11.4 Å². The Balaban J connectivity index is 2.53. The third-order valence-corrected chi connectivity index (χ3v) is 2.64. The van der Waals surface area contributed by atoms with Gasteiger partial charge in [0.2, 0.25) is 0 Å². The third-order valence-electron chi connectivity index (χ3n) is 2.64. The van der Waals surface area contributed by atoms with Crippen LogP contribution in [-0.4, -0.2) is 9.97 Å². The summed E-state index contributed by atoms with van der Waals surface area (Å²) in [7, 11) is 0. The Hall–Kier alpha value is -1.70. The molecule has 0 fully saturated rings. The zero-order valence-corrected chi connectivity index (χ0v) is 10.8. The minimum atomic E-state index is -2.29. The fourth-order valence-electron chi connectivity index (χ4n) is 1.71. The van der Waals surface area contributed by atoms with Crippen molar-refractivity contribution in [3.05, 3.63) is 47.3 Å². The fraction of sp³-hybridized carbons (Fsp3) is 0.375. The second-order valence-electron chi connectivity index (χ2n) is 5.28. The Kier molecular flexibility index (Phi) is 1.77. The molecule has 2 nitrogen and oxygen atoms in total. The van der Waals surface area contributed by atoms with Gasteiger partial charge >= 0.3 is 0 Å². The molecule has 0 atom stereocenters. The lowest BCUT2D eigenvalue weighted by Crippen LogP contribution is -2.16. The largest absolute Gasteiger partial charge is 0.236 e. The quantitative estimate of drug-likeness (QED) is 0.758. The van der Waals surface area contributed by atoms with Crippen molar-refractivity contribution >= 4 is 0 Å². The van der Waals surface area contributed by atoms with Gasteiger partial charge in [-0.15, -0.1) is 0 Å². The van der Waals surface area contributed by atoms with Crippen molar-refractivity contribution in [2.45, 2.75) is 39.9 Å². The molecule has 0 radical (unpaired) electrons. The van der Waals surface area contributed by atoms with E-state index in [2.05, 4.69) is 9.97 Å². The summed E-state index contributed by atoms with van der Waals surface area (Å²) in [4.78, 5) is 8.63. The van der Waals surface area contributed by atoms with Crippen LogP contribution in [0.25, 0.3) is 11.4 Å². The lowest BCUT2D eigenvalue weighted by molar-refractivity contribution is 0.563. The van der Waals surface area contributed by atoms with Gasteiger partial charge in [0, 0.05) is 25.4 Å². The molecular weight excluding hydrogens is 220 g/mol. The van der Waals surface area contributed by atoms with Crippen LogP contribution in [0.1, 0.15) is 45.8 Å². The zero-order valence-electron chi connectivity index (χ0n) is 16.8. The van der Waals surface area contributed by atoms with Crippen LogP contribution in [0.15, 0.2) is 30.5 Å². The molecule has 0 aliphatic heterocycles. The van der Waals surface area contributed by atoms with Gasteiger partial charge in [-0.25, -0.2) is 9.97 Å². The molecule has 0 N–H and O–H groups in total. The number of nitrogens with zero attached hydrogens (tertiary/aromatic N) is 2. The molecule has 0 aliphatic rings. The van der Waals surface area contributed by atoms with Gasteiger partial charge < -0.3 is 0 Å². The van der Waals surface area contributed by atoms with Gasteiger partial charge in [-0.2, -0.15) is 0 Å². The van der Waals surface area contributed by atoms with E-state index in [4.69, 9.17) is 8.22 Å². The Bertz CT molecular complexity index is 724. The third kappa shape index (κ3) is 2.58. The highest BCUT2D eigenvalue weighted by molar-refractivity contribution is 5.55. The van der Waals surface area contributed by atoms with E-state index < -0.39 is 19.1 Å². The van der Waals surface area contributed by atoms with Gasteiger partial charge in [-0.05, 0) is 19.3 Å². The molecule has 2 heteroatoms. The van der Waals surface area contributed by atoms with Crippen molar-refractivity contribution in [1.29, 1.82) is 0 Å². The van der Waals surface area contributed by atoms with Gasteiger partial charge in [-0.1, -0.05) is 50.6 Å². The van der Waals surface area contributed by atoms with Gasteiger partial charge in [0.1, 0.15) is 0 Å². The predicted octanol–water partition coefficient (Wildman–Crippen LogP) is 4.06. The van der Waals surface area contributed by atoms with Gasteiger partial charge in [0.05, 0.1) is 5.69 Å². The molecule has 0 spiro atoms. The monoisotopic (exact) mass is 246 g/mol. The van der Waals surface area contributed by atoms with Gasteiger partial charge in [0.25, 0.3) is 0 Å². The lowest BCUT2D eigenvalue weighted by atomic mass is 9.89. The summed E-state index contributed by atoms with van der Waals surface area (Å²) in [5.41, 5.74) is 1.03. The molecule has 1 heterocycles. The standard InChI is InChI=1S/C16H20N2/c1-11-6-8-13(9-7-11)15-17-10-12(2)14(18-15)16(3,4)5/h6-10H,1-5H3/i1D3,2D3. The summed E-state index contributed by atoms with van der Waals surface area (Å²) in [6.07, 6.45) is 1.34. The van der Waals surface area contributed by atoms with Gasteiger partial charge in [-0.3, -0.25) is 0 Å². The molecule has 0 aliphatic carbocycles. The molecule has 1 aromatic heterocycles. The van der Waals surface area contributed by atoms with Crippen LogP contribution in [0.2, 0.25) is 0 Å². The normalized spacial score (nSPS) is 17.9. The first-order valence-electron chi connectivity index (χ1n) is 8.79. The number of hydrogen-bond acceptors (Lipinski definition) is 2. The van der Waals surface area contributed by atoms with E-state index in [1.165, 1.54) is 18.3 Å². The van der Waals surface area contributed by atoms with Gasteiger partial charge in [0.15, 0.2) is 5.82 Å². The summed E-state index contributed by atoms with van der Waals surface area (Å²) < 4.78 is 45.2. The van der Waals surface area contributed by atoms with Crippen LogP contribution in [0.4, 0.5) is 0 Å². The van der Waals surface area contributed by atoms with Crippen LogP contribution in [0.3, 0.4) is 0 Å². The smallest absolute Gasteiger partial charge is 0.159 e. The number of aryl methyl sites for hydroxylation is 2. The number of hydrogen-bond donors (Lipinski definition) is 0. The minimum Gasteiger partial charge on any atom is -0.236 e. The fourth-order valence-corrected chi connectivity index (χ4v) is 1.71. The molecule has 1 aromatic carbocycles. The molecule has 2 aromatic rings. The van der Waals surface area contributed by atoms with E-state index >= 15 is 0 Å². The summed E-state index contributed by atoms with van der Waals surface area (Å²) in [5, 5.41) is 0. The second-order valence-corrected chi connectivity index (χ2v) is 5.28. The lowest BCUT2D eigenvalue weighted by Gasteiger charge is -2.20. The number of rotatable bonds is 1. The van der Waals surface area contributed by atoms with Crippen molar-refractivity contribution in [1.82, 2.24) is 9.97 Å². The summed E-state index contributed by atoms with van der Waals surface area (Å²) in [6, 6.07) is 6.30. The summed E-state index contributed by atoms with van der Waals surface area (Å²) in [6.45, 7) is 1.23. The number of aromatic nitrogens is 2. The highest BCUT2D eigenvalue weighted by Crippen LogP contribution is 2.25. The van der Waals surface area contributed by atoms with E-state index in [0.717, 1.165) is 0 Å². The topological polar surface area (TPSA) is 25.8 Å². The van der Waals surface area contributed by atoms with Crippen LogP contribution in [0.5, 0.6) is 0 Å². The number of benzene rings is 1. The SMILES string of the molecule is [2H]C([2H])([2H])c1ccc(-c2ncc(C([2H])([2H])[2H])c(C(C)(C)C)n2)cc1. The Labute approximate surface area is 118 Å². The van der Waals surface area contributed by atoms with Crippen molar-refractivity contribution in [2.75, 3.05) is 0 Å². The second kappa shape index (κ2) is 4.52. The maximum absolute atomic E-state index is 7.66. The predicted molar refractivity (Wildman–Crippen MR) is 75.6 cm³/mol. The molecule has 0 unspecified atom stereocenters. The molecule has 0 amide bonds. The molecule has 0 bridgehead atoms. The van der Waals surface area contributed by atoms with E-state index in [9.17, 15) is 0 Å². The van der Waals surface area contributed by atoms with Crippen LogP contribution >= 0.6 is 0 Å². The Morgan fingerprint density at radius 1 is 1.06 bits per heavy atom. The molecular formula is C16H20N2. The summed E-state index contributed by atoms with van der Waals surface area (Å²) in [5.74, 6) is 0.380. The highest BCUT2D eigenvalue weighted by Gasteiger charge is 2.19. The summed E-state index contributed by atoms with van der Waals surface area (Å²) >= 11 is 0.